The average Bonchev–Trinajstić information content (AvgIpc) is 2.24. The zero-order chi connectivity index (χ0) is 13.2. The normalized spacial score (nSPS) is 15.3. The standard InChI is InChI=1S/C15H22N2O.ClH/c1-11-5-4-6-13(7-11)15(2,3)10-17-14(18)12-8-16-9-12;/h4-7,12,16H,8-10H2,1-3H3,(H,17,18);1H. The van der Waals surface area contributed by atoms with Gasteiger partial charge in [0.05, 0.1) is 5.92 Å². The Hall–Kier alpha value is -1.06. The smallest absolute Gasteiger partial charge is 0.225 e. The van der Waals surface area contributed by atoms with Crippen LogP contribution in [0.25, 0.3) is 0 Å². The van der Waals surface area contributed by atoms with Crippen molar-refractivity contribution in [1.29, 1.82) is 0 Å². The average molecular weight is 283 g/mol. The molecule has 2 N–H and O–H groups in total. The third-order valence-corrected chi connectivity index (χ3v) is 3.66. The van der Waals surface area contributed by atoms with Gasteiger partial charge < -0.3 is 10.6 Å². The van der Waals surface area contributed by atoms with Crippen molar-refractivity contribution >= 4 is 18.3 Å². The molecule has 1 heterocycles. The summed E-state index contributed by atoms with van der Waals surface area (Å²) in [7, 11) is 0. The van der Waals surface area contributed by atoms with Crippen LogP contribution in [-0.2, 0) is 10.2 Å². The monoisotopic (exact) mass is 282 g/mol. The van der Waals surface area contributed by atoms with Gasteiger partial charge in [-0.15, -0.1) is 12.4 Å². The van der Waals surface area contributed by atoms with Crippen LogP contribution in [0.2, 0.25) is 0 Å². The van der Waals surface area contributed by atoms with E-state index in [1.807, 2.05) is 0 Å². The molecule has 0 atom stereocenters. The van der Waals surface area contributed by atoms with Gasteiger partial charge >= 0.3 is 0 Å². The maximum Gasteiger partial charge on any atom is 0.225 e. The molecule has 0 aliphatic carbocycles. The second-order valence-corrected chi connectivity index (χ2v) is 5.83. The summed E-state index contributed by atoms with van der Waals surface area (Å²) < 4.78 is 0. The number of nitrogens with one attached hydrogen (secondary N) is 2. The van der Waals surface area contributed by atoms with Gasteiger partial charge in [-0.2, -0.15) is 0 Å². The summed E-state index contributed by atoms with van der Waals surface area (Å²) in [5.74, 6) is 0.341. The minimum absolute atomic E-state index is 0. The summed E-state index contributed by atoms with van der Waals surface area (Å²) in [6.45, 7) is 8.75. The number of carbonyl (C=O) groups excluding carboxylic acids is 1. The topological polar surface area (TPSA) is 41.1 Å². The zero-order valence-corrected chi connectivity index (χ0v) is 12.6. The van der Waals surface area contributed by atoms with Gasteiger partial charge in [0, 0.05) is 25.0 Å². The Balaban J connectivity index is 0.00000180. The van der Waals surface area contributed by atoms with Gasteiger partial charge in [0.25, 0.3) is 0 Å². The summed E-state index contributed by atoms with van der Waals surface area (Å²) in [6.07, 6.45) is 0. The summed E-state index contributed by atoms with van der Waals surface area (Å²) in [4.78, 5) is 11.8. The highest BCUT2D eigenvalue weighted by Crippen LogP contribution is 2.23. The van der Waals surface area contributed by atoms with Gasteiger partial charge in [-0.05, 0) is 12.5 Å². The molecule has 3 nitrogen and oxygen atoms in total. The lowest BCUT2D eigenvalue weighted by Gasteiger charge is -2.30. The molecule has 0 aromatic heterocycles. The third-order valence-electron chi connectivity index (χ3n) is 3.66. The molecule has 0 unspecified atom stereocenters. The minimum atomic E-state index is -0.0289. The molecule has 4 heteroatoms. The van der Waals surface area contributed by atoms with E-state index >= 15 is 0 Å². The van der Waals surface area contributed by atoms with Crippen molar-refractivity contribution in [1.82, 2.24) is 10.6 Å². The van der Waals surface area contributed by atoms with E-state index < -0.39 is 0 Å². The number of hydrogen-bond acceptors (Lipinski definition) is 2. The molecule has 2 rings (SSSR count). The number of halogens is 1. The van der Waals surface area contributed by atoms with Crippen molar-refractivity contribution in [3.8, 4) is 0 Å². The number of aryl methyl sites for hydroxylation is 1. The molecule has 1 aromatic carbocycles. The van der Waals surface area contributed by atoms with E-state index in [1.165, 1.54) is 11.1 Å². The van der Waals surface area contributed by atoms with E-state index in [9.17, 15) is 4.79 Å². The maximum atomic E-state index is 11.8. The molecule has 0 bridgehead atoms. The van der Waals surface area contributed by atoms with Crippen molar-refractivity contribution < 1.29 is 4.79 Å². The quantitative estimate of drug-likeness (QED) is 0.887. The number of benzene rings is 1. The van der Waals surface area contributed by atoms with Crippen LogP contribution < -0.4 is 10.6 Å². The van der Waals surface area contributed by atoms with Gasteiger partial charge in [0.1, 0.15) is 0 Å². The van der Waals surface area contributed by atoms with Gasteiger partial charge in [0.15, 0.2) is 0 Å². The maximum absolute atomic E-state index is 11.8. The largest absolute Gasteiger partial charge is 0.355 e. The van der Waals surface area contributed by atoms with E-state index in [4.69, 9.17) is 0 Å². The van der Waals surface area contributed by atoms with Crippen molar-refractivity contribution in [2.45, 2.75) is 26.2 Å². The summed E-state index contributed by atoms with van der Waals surface area (Å²) >= 11 is 0. The molecular formula is C15H23ClN2O. The first-order valence-electron chi connectivity index (χ1n) is 6.54. The van der Waals surface area contributed by atoms with Crippen LogP contribution in [0, 0.1) is 12.8 Å². The minimum Gasteiger partial charge on any atom is -0.355 e. The Morgan fingerprint density at radius 2 is 2.11 bits per heavy atom. The second-order valence-electron chi connectivity index (χ2n) is 5.83. The zero-order valence-electron chi connectivity index (χ0n) is 11.8. The molecule has 1 aliphatic rings. The highest BCUT2D eigenvalue weighted by molar-refractivity contribution is 5.85. The van der Waals surface area contributed by atoms with Crippen LogP contribution in [0.4, 0.5) is 0 Å². The van der Waals surface area contributed by atoms with E-state index in [-0.39, 0.29) is 29.6 Å². The molecule has 1 aromatic rings. The fraction of sp³-hybridized carbons (Fsp3) is 0.533. The Morgan fingerprint density at radius 1 is 1.42 bits per heavy atom. The Kier molecular flexibility index (Phi) is 5.39. The molecular weight excluding hydrogens is 260 g/mol. The van der Waals surface area contributed by atoms with Crippen molar-refractivity contribution in [2.75, 3.05) is 19.6 Å². The molecule has 1 aliphatic heterocycles. The van der Waals surface area contributed by atoms with Gasteiger partial charge in [-0.1, -0.05) is 43.7 Å². The van der Waals surface area contributed by atoms with Crippen LogP contribution in [0.5, 0.6) is 0 Å². The first kappa shape index (κ1) is 16.0. The predicted molar refractivity (Wildman–Crippen MR) is 80.8 cm³/mol. The van der Waals surface area contributed by atoms with Crippen LogP contribution in [-0.4, -0.2) is 25.5 Å². The number of amides is 1. The highest BCUT2D eigenvalue weighted by Gasteiger charge is 2.27. The van der Waals surface area contributed by atoms with Crippen LogP contribution in [0.1, 0.15) is 25.0 Å². The van der Waals surface area contributed by atoms with Gasteiger partial charge in [-0.3, -0.25) is 4.79 Å². The third kappa shape index (κ3) is 3.95. The van der Waals surface area contributed by atoms with Gasteiger partial charge in [-0.25, -0.2) is 0 Å². The first-order chi connectivity index (χ1) is 8.49. The molecule has 0 saturated carbocycles. The summed E-state index contributed by atoms with van der Waals surface area (Å²) in [5, 5.41) is 6.18. The number of hydrogen-bond donors (Lipinski definition) is 2. The fourth-order valence-electron chi connectivity index (χ4n) is 2.09. The first-order valence-corrected chi connectivity index (χ1v) is 6.54. The number of rotatable bonds is 4. The second kappa shape index (κ2) is 6.40. The lowest BCUT2D eigenvalue weighted by Crippen LogP contribution is -2.52. The van der Waals surface area contributed by atoms with Crippen LogP contribution >= 0.6 is 12.4 Å². The molecule has 106 valence electrons. The Bertz CT molecular complexity index is 442. The molecule has 19 heavy (non-hydrogen) atoms. The number of carbonyl (C=O) groups is 1. The Labute approximate surface area is 121 Å². The fourth-order valence-corrected chi connectivity index (χ4v) is 2.09. The lowest BCUT2D eigenvalue weighted by atomic mass is 9.83. The molecule has 1 amide bonds. The van der Waals surface area contributed by atoms with E-state index in [1.54, 1.807) is 0 Å². The summed E-state index contributed by atoms with van der Waals surface area (Å²) in [6, 6.07) is 8.49. The highest BCUT2D eigenvalue weighted by atomic mass is 35.5. The van der Waals surface area contributed by atoms with Crippen molar-refractivity contribution in [3.05, 3.63) is 35.4 Å². The lowest BCUT2D eigenvalue weighted by molar-refractivity contribution is -0.126. The molecule has 0 spiro atoms. The molecule has 0 radical (unpaired) electrons. The van der Waals surface area contributed by atoms with Crippen molar-refractivity contribution in [2.24, 2.45) is 5.92 Å². The SMILES string of the molecule is Cc1cccc(C(C)(C)CNC(=O)C2CNC2)c1.Cl. The predicted octanol–water partition coefficient (Wildman–Crippen LogP) is 2.03. The van der Waals surface area contributed by atoms with Gasteiger partial charge in [0.2, 0.25) is 5.91 Å². The molecule has 1 fully saturated rings. The van der Waals surface area contributed by atoms with E-state index in [0.717, 1.165) is 13.1 Å². The van der Waals surface area contributed by atoms with Crippen molar-refractivity contribution in [3.63, 3.8) is 0 Å². The van der Waals surface area contributed by atoms with Crippen LogP contribution in [0.15, 0.2) is 24.3 Å². The Morgan fingerprint density at radius 3 is 2.63 bits per heavy atom. The summed E-state index contributed by atoms with van der Waals surface area (Å²) in [5.41, 5.74) is 2.50. The van der Waals surface area contributed by atoms with Crippen LogP contribution in [0.3, 0.4) is 0 Å². The van der Waals surface area contributed by atoms with E-state index in [2.05, 4.69) is 55.7 Å². The molecule has 1 saturated heterocycles. The van der Waals surface area contributed by atoms with E-state index in [0.29, 0.717) is 6.54 Å².